The van der Waals surface area contributed by atoms with E-state index in [9.17, 15) is 4.79 Å². The van der Waals surface area contributed by atoms with Crippen LogP contribution in [0.4, 0.5) is 16.5 Å². The zero-order chi connectivity index (χ0) is 20.2. The van der Waals surface area contributed by atoms with Gasteiger partial charge in [0, 0.05) is 18.3 Å². The first kappa shape index (κ1) is 19.2. The number of carbonyl (C=O) groups is 1. The van der Waals surface area contributed by atoms with E-state index in [4.69, 9.17) is 8.94 Å². The molecule has 1 unspecified atom stereocenters. The van der Waals surface area contributed by atoms with Gasteiger partial charge in [0.1, 0.15) is 0 Å². The molecule has 11 heteroatoms. The Morgan fingerprint density at radius 1 is 1.21 bits per heavy atom. The lowest BCUT2D eigenvalue weighted by molar-refractivity contribution is -0.114. The molecule has 0 aliphatic heterocycles. The summed E-state index contributed by atoms with van der Waals surface area (Å²) < 4.78 is 11.4. The number of nitrogens with zero attached hydrogens (tertiary/aromatic N) is 4. The number of hydrogen-bond donors (Lipinski definition) is 2. The summed E-state index contributed by atoms with van der Waals surface area (Å²) in [5.41, 5.74) is 1.51. The Balaban J connectivity index is 1.40. The van der Waals surface area contributed by atoms with Crippen LogP contribution in [-0.2, 0) is 4.79 Å². The smallest absolute Gasteiger partial charge is 0.240 e. The van der Waals surface area contributed by atoms with Gasteiger partial charge < -0.3 is 19.6 Å². The van der Waals surface area contributed by atoms with E-state index in [0.717, 1.165) is 10.0 Å². The van der Waals surface area contributed by atoms with Crippen LogP contribution in [0.1, 0.15) is 25.0 Å². The van der Waals surface area contributed by atoms with Gasteiger partial charge in [-0.05, 0) is 37.3 Å². The maximum atomic E-state index is 11.2. The van der Waals surface area contributed by atoms with Crippen LogP contribution in [0, 0.1) is 0 Å². The molecule has 1 amide bonds. The molecule has 0 aliphatic carbocycles. The number of carbonyl (C=O) groups excluding carboxylic acids is 1. The first-order valence-electron chi connectivity index (χ1n) is 8.59. The molecular formula is C18H16N6O3S2. The third-order valence-electron chi connectivity index (χ3n) is 3.65. The van der Waals surface area contributed by atoms with Gasteiger partial charge in [-0.25, -0.2) is 0 Å². The van der Waals surface area contributed by atoms with Crippen molar-refractivity contribution < 1.29 is 13.7 Å². The van der Waals surface area contributed by atoms with Crippen LogP contribution in [-0.4, -0.2) is 26.2 Å². The lowest BCUT2D eigenvalue weighted by Gasteiger charge is -2.05. The summed E-state index contributed by atoms with van der Waals surface area (Å²) in [6.07, 6.45) is 1.56. The molecule has 4 aromatic rings. The summed E-state index contributed by atoms with van der Waals surface area (Å²) in [6, 6.07) is 10.9. The second kappa shape index (κ2) is 8.45. The fourth-order valence-electron chi connectivity index (χ4n) is 2.42. The number of hydrogen-bond acceptors (Lipinski definition) is 10. The molecule has 1 atom stereocenters. The number of benzene rings is 1. The minimum atomic E-state index is -0.123. The van der Waals surface area contributed by atoms with Crippen LogP contribution < -0.4 is 10.6 Å². The molecule has 0 spiro atoms. The van der Waals surface area contributed by atoms with Crippen molar-refractivity contribution >= 4 is 45.5 Å². The molecule has 1 aromatic carbocycles. The Labute approximate surface area is 173 Å². The van der Waals surface area contributed by atoms with Crippen molar-refractivity contribution in [3.8, 4) is 11.6 Å². The quantitative estimate of drug-likeness (QED) is 0.402. The summed E-state index contributed by atoms with van der Waals surface area (Å²) >= 11 is 2.88. The van der Waals surface area contributed by atoms with E-state index in [0.29, 0.717) is 28.3 Å². The summed E-state index contributed by atoms with van der Waals surface area (Å²) in [4.78, 5) is 15.6. The summed E-state index contributed by atoms with van der Waals surface area (Å²) in [5, 5.41) is 18.8. The summed E-state index contributed by atoms with van der Waals surface area (Å²) in [5.74, 6) is 1.33. The van der Waals surface area contributed by atoms with Gasteiger partial charge in [-0.3, -0.25) is 4.79 Å². The van der Waals surface area contributed by atoms with Crippen molar-refractivity contribution in [2.24, 2.45) is 0 Å². The highest BCUT2D eigenvalue weighted by Gasteiger charge is 2.19. The van der Waals surface area contributed by atoms with Crippen LogP contribution in [0.3, 0.4) is 0 Å². The standard InChI is InChI=1S/C18H16N6O3S2/c1-10(16-21-15(24-27-16)14-7-4-8-26-14)28-18-23-22-17(29-18)20-13-6-3-5-12(9-13)19-11(2)25/h3-10H,1-2H3,(H,19,25)(H,20,22). The van der Waals surface area contributed by atoms with E-state index >= 15 is 0 Å². The highest BCUT2D eigenvalue weighted by atomic mass is 32.2. The normalized spacial score (nSPS) is 11.9. The van der Waals surface area contributed by atoms with Crippen LogP contribution in [0.15, 0.2) is 55.9 Å². The van der Waals surface area contributed by atoms with Crippen LogP contribution in [0.25, 0.3) is 11.6 Å². The monoisotopic (exact) mass is 428 g/mol. The van der Waals surface area contributed by atoms with Crippen molar-refractivity contribution in [2.45, 2.75) is 23.4 Å². The SMILES string of the molecule is CC(=O)Nc1cccc(Nc2nnc(SC(C)c3nc(-c4ccco4)no3)s2)c1. The zero-order valence-electron chi connectivity index (χ0n) is 15.4. The summed E-state index contributed by atoms with van der Waals surface area (Å²) in [7, 11) is 0. The second-order valence-electron chi connectivity index (χ2n) is 5.95. The molecule has 0 saturated heterocycles. The fourth-order valence-corrected chi connectivity index (χ4v) is 4.36. The first-order chi connectivity index (χ1) is 14.1. The number of amides is 1. The number of nitrogens with one attached hydrogen (secondary N) is 2. The molecule has 0 saturated carbocycles. The molecule has 2 N–H and O–H groups in total. The first-order valence-corrected chi connectivity index (χ1v) is 10.3. The third kappa shape index (κ3) is 4.81. The molecule has 3 aromatic heterocycles. The predicted molar refractivity (Wildman–Crippen MR) is 110 cm³/mol. The van der Waals surface area contributed by atoms with Crippen molar-refractivity contribution in [3.05, 3.63) is 48.6 Å². The lowest BCUT2D eigenvalue weighted by atomic mass is 10.3. The van der Waals surface area contributed by atoms with E-state index < -0.39 is 0 Å². The van der Waals surface area contributed by atoms with E-state index in [1.54, 1.807) is 18.4 Å². The Kier molecular flexibility index (Phi) is 5.58. The molecule has 0 aliphatic rings. The number of anilines is 3. The maximum Gasteiger partial charge on any atom is 0.240 e. The highest BCUT2D eigenvalue weighted by Crippen LogP contribution is 2.37. The Morgan fingerprint density at radius 3 is 2.86 bits per heavy atom. The Morgan fingerprint density at radius 2 is 2.07 bits per heavy atom. The van der Waals surface area contributed by atoms with Gasteiger partial charge in [0.25, 0.3) is 0 Å². The van der Waals surface area contributed by atoms with Crippen LogP contribution in [0.5, 0.6) is 0 Å². The van der Waals surface area contributed by atoms with Crippen molar-refractivity contribution in [1.29, 1.82) is 0 Å². The van der Waals surface area contributed by atoms with E-state index in [2.05, 4.69) is 31.0 Å². The van der Waals surface area contributed by atoms with Gasteiger partial charge in [0.05, 0.1) is 11.5 Å². The molecule has 3 heterocycles. The molecule has 0 bridgehead atoms. The van der Waals surface area contributed by atoms with E-state index in [-0.39, 0.29) is 11.2 Å². The van der Waals surface area contributed by atoms with Crippen LogP contribution >= 0.6 is 23.1 Å². The van der Waals surface area contributed by atoms with Crippen molar-refractivity contribution in [3.63, 3.8) is 0 Å². The zero-order valence-corrected chi connectivity index (χ0v) is 17.1. The molecule has 4 rings (SSSR count). The molecule has 148 valence electrons. The molecule has 29 heavy (non-hydrogen) atoms. The molecular weight excluding hydrogens is 412 g/mol. The minimum Gasteiger partial charge on any atom is -0.461 e. The average Bonchev–Trinajstić information content (AvgIpc) is 3.43. The number of thioether (sulfide) groups is 1. The fraction of sp³-hybridized carbons (Fsp3) is 0.167. The van der Waals surface area contributed by atoms with Crippen molar-refractivity contribution in [2.75, 3.05) is 10.6 Å². The Hall–Kier alpha value is -3.18. The molecule has 0 fully saturated rings. The van der Waals surface area contributed by atoms with Gasteiger partial charge >= 0.3 is 0 Å². The van der Waals surface area contributed by atoms with Gasteiger partial charge in [-0.15, -0.1) is 10.2 Å². The van der Waals surface area contributed by atoms with Crippen molar-refractivity contribution in [1.82, 2.24) is 20.3 Å². The maximum absolute atomic E-state index is 11.2. The summed E-state index contributed by atoms with van der Waals surface area (Å²) in [6.45, 7) is 3.42. The minimum absolute atomic E-state index is 0.102. The van der Waals surface area contributed by atoms with Gasteiger partial charge in [-0.1, -0.05) is 34.3 Å². The van der Waals surface area contributed by atoms with E-state index in [1.807, 2.05) is 31.2 Å². The topological polar surface area (TPSA) is 119 Å². The number of aromatic nitrogens is 4. The Bertz CT molecular complexity index is 1110. The average molecular weight is 428 g/mol. The van der Waals surface area contributed by atoms with Gasteiger partial charge in [-0.2, -0.15) is 4.98 Å². The third-order valence-corrected chi connectivity index (χ3v) is 5.66. The molecule has 9 nitrogen and oxygen atoms in total. The number of furan rings is 1. The molecule has 0 radical (unpaired) electrons. The van der Waals surface area contributed by atoms with E-state index in [1.165, 1.54) is 30.0 Å². The van der Waals surface area contributed by atoms with Gasteiger partial charge in [0.15, 0.2) is 10.1 Å². The second-order valence-corrected chi connectivity index (χ2v) is 8.52. The highest BCUT2D eigenvalue weighted by molar-refractivity contribution is 8.01. The largest absolute Gasteiger partial charge is 0.461 e. The number of rotatable bonds is 7. The predicted octanol–water partition coefficient (Wildman–Crippen LogP) is 4.74. The van der Waals surface area contributed by atoms with Gasteiger partial charge in [0.2, 0.25) is 22.8 Å². The van der Waals surface area contributed by atoms with Crippen LogP contribution in [0.2, 0.25) is 0 Å². The lowest BCUT2D eigenvalue weighted by Crippen LogP contribution is -2.05.